The van der Waals surface area contributed by atoms with E-state index in [1.54, 1.807) is 16.7 Å². The van der Waals surface area contributed by atoms with Gasteiger partial charge in [-0.25, -0.2) is 0 Å². The van der Waals surface area contributed by atoms with Crippen LogP contribution in [0.2, 0.25) is 0 Å². The minimum Gasteiger partial charge on any atom is -0.100 e. The van der Waals surface area contributed by atoms with Gasteiger partial charge < -0.3 is 0 Å². The molecule has 16 heavy (non-hydrogen) atoms. The Labute approximate surface area is 99.4 Å². The highest BCUT2D eigenvalue weighted by Crippen LogP contribution is 2.38. The molecule has 0 saturated heterocycles. The average molecular weight is 214 g/mol. The second-order valence-electron chi connectivity index (χ2n) is 6.03. The van der Waals surface area contributed by atoms with Crippen molar-refractivity contribution in [2.75, 3.05) is 0 Å². The zero-order chi connectivity index (χ0) is 11.8. The van der Waals surface area contributed by atoms with Crippen LogP contribution in [-0.2, 0) is 19.3 Å². The lowest BCUT2D eigenvalue weighted by molar-refractivity contribution is 0.392. The molecule has 2 rings (SSSR count). The maximum Gasteiger partial charge on any atom is -0.0219 e. The van der Waals surface area contributed by atoms with Crippen LogP contribution in [0.25, 0.3) is 0 Å². The molecule has 0 heteroatoms. The lowest BCUT2D eigenvalue weighted by Gasteiger charge is -2.15. The van der Waals surface area contributed by atoms with Gasteiger partial charge in [0.2, 0.25) is 0 Å². The third-order valence-corrected chi connectivity index (χ3v) is 3.52. The number of aryl methyl sites for hydroxylation is 1. The molecule has 0 atom stereocenters. The summed E-state index contributed by atoms with van der Waals surface area (Å²) in [5.74, 6) is 0. The molecule has 1 aliphatic carbocycles. The molecular formula is C16H22. The Kier molecular flexibility index (Phi) is 2.92. The highest BCUT2D eigenvalue weighted by atomic mass is 14.3. The SMILES string of the molecule is C=C(C)CCc1cccc2c1CC(C)(C)C2. The van der Waals surface area contributed by atoms with Gasteiger partial charge in [-0.1, -0.05) is 37.6 Å². The molecule has 0 radical (unpaired) electrons. The molecule has 0 fully saturated rings. The van der Waals surface area contributed by atoms with Crippen LogP contribution in [0.3, 0.4) is 0 Å². The van der Waals surface area contributed by atoms with Crippen molar-refractivity contribution in [2.24, 2.45) is 5.41 Å². The van der Waals surface area contributed by atoms with Gasteiger partial charge in [0.1, 0.15) is 0 Å². The van der Waals surface area contributed by atoms with Crippen molar-refractivity contribution in [3.05, 3.63) is 47.0 Å². The predicted molar refractivity (Wildman–Crippen MR) is 70.8 cm³/mol. The largest absolute Gasteiger partial charge is 0.100 e. The number of rotatable bonds is 3. The fourth-order valence-electron chi connectivity index (χ4n) is 2.72. The summed E-state index contributed by atoms with van der Waals surface area (Å²) in [7, 11) is 0. The molecule has 1 aliphatic rings. The number of fused-ring (bicyclic) bond motifs is 1. The Hall–Kier alpha value is -1.04. The van der Waals surface area contributed by atoms with Crippen molar-refractivity contribution in [1.29, 1.82) is 0 Å². The van der Waals surface area contributed by atoms with Gasteiger partial charge in [0.15, 0.2) is 0 Å². The van der Waals surface area contributed by atoms with Crippen molar-refractivity contribution in [1.82, 2.24) is 0 Å². The van der Waals surface area contributed by atoms with Gasteiger partial charge in [-0.2, -0.15) is 0 Å². The standard InChI is InChI=1S/C16H22/c1-12(2)8-9-13-6-5-7-14-10-16(3,4)11-15(13)14/h5-7H,1,8-11H2,2-4H3. The summed E-state index contributed by atoms with van der Waals surface area (Å²) >= 11 is 0. The fraction of sp³-hybridized carbons (Fsp3) is 0.500. The van der Waals surface area contributed by atoms with Crippen LogP contribution >= 0.6 is 0 Å². The monoisotopic (exact) mass is 214 g/mol. The third kappa shape index (κ3) is 2.37. The van der Waals surface area contributed by atoms with Gasteiger partial charge in [0, 0.05) is 0 Å². The fourth-order valence-corrected chi connectivity index (χ4v) is 2.72. The summed E-state index contributed by atoms with van der Waals surface area (Å²) in [5.41, 5.74) is 6.49. The molecular weight excluding hydrogens is 192 g/mol. The lowest BCUT2D eigenvalue weighted by Crippen LogP contribution is -2.10. The van der Waals surface area contributed by atoms with Crippen LogP contribution in [0.1, 0.15) is 43.9 Å². The molecule has 0 bridgehead atoms. The predicted octanol–water partition coefficient (Wildman–Crippen LogP) is 4.32. The van der Waals surface area contributed by atoms with Crippen LogP contribution < -0.4 is 0 Å². The molecule has 0 spiro atoms. The zero-order valence-electron chi connectivity index (χ0n) is 10.8. The summed E-state index contributed by atoms with van der Waals surface area (Å²) in [4.78, 5) is 0. The topological polar surface area (TPSA) is 0 Å². The first-order valence-electron chi connectivity index (χ1n) is 6.22. The molecule has 0 unspecified atom stereocenters. The minimum atomic E-state index is 0.460. The Balaban J connectivity index is 2.23. The van der Waals surface area contributed by atoms with Crippen molar-refractivity contribution >= 4 is 0 Å². The van der Waals surface area contributed by atoms with E-state index in [1.807, 2.05) is 0 Å². The normalized spacial score (nSPS) is 17.2. The first kappa shape index (κ1) is 11.4. The van der Waals surface area contributed by atoms with E-state index in [-0.39, 0.29) is 0 Å². The van der Waals surface area contributed by atoms with Crippen LogP contribution in [-0.4, -0.2) is 0 Å². The van der Waals surface area contributed by atoms with E-state index in [2.05, 4.69) is 45.5 Å². The molecule has 0 N–H and O–H groups in total. The van der Waals surface area contributed by atoms with Gasteiger partial charge in [-0.05, 0) is 54.7 Å². The van der Waals surface area contributed by atoms with E-state index in [0.29, 0.717) is 5.41 Å². The van der Waals surface area contributed by atoms with Crippen LogP contribution in [0.15, 0.2) is 30.4 Å². The Morgan fingerprint density at radius 2 is 2.06 bits per heavy atom. The van der Waals surface area contributed by atoms with Crippen molar-refractivity contribution in [2.45, 2.75) is 46.5 Å². The maximum absolute atomic E-state index is 3.99. The molecule has 0 nitrogen and oxygen atoms in total. The van der Waals surface area contributed by atoms with Crippen LogP contribution in [0.4, 0.5) is 0 Å². The van der Waals surface area contributed by atoms with Gasteiger partial charge in [0.25, 0.3) is 0 Å². The van der Waals surface area contributed by atoms with Crippen molar-refractivity contribution in [3.63, 3.8) is 0 Å². The Bertz CT molecular complexity index is 410. The van der Waals surface area contributed by atoms with E-state index in [4.69, 9.17) is 0 Å². The van der Waals surface area contributed by atoms with E-state index < -0.39 is 0 Å². The molecule has 86 valence electrons. The van der Waals surface area contributed by atoms with Crippen LogP contribution in [0.5, 0.6) is 0 Å². The van der Waals surface area contributed by atoms with E-state index in [1.165, 1.54) is 18.4 Å². The maximum atomic E-state index is 3.99. The first-order chi connectivity index (χ1) is 7.48. The number of benzene rings is 1. The summed E-state index contributed by atoms with van der Waals surface area (Å²) < 4.78 is 0. The first-order valence-corrected chi connectivity index (χ1v) is 6.22. The molecule has 0 aromatic heterocycles. The number of allylic oxidation sites excluding steroid dienone is 1. The summed E-state index contributed by atoms with van der Waals surface area (Å²) in [6, 6.07) is 6.81. The molecule has 1 aromatic rings. The van der Waals surface area contributed by atoms with Gasteiger partial charge in [-0.3, -0.25) is 0 Å². The summed E-state index contributed by atoms with van der Waals surface area (Å²) in [5, 5.41) is 0. The smallest absolute Gasteiger partial charge is 0.0219 e. The second kappa shape index (κ2) is 4.08. The van der Waals surface area contributed by atoms with Gasteiger partial charge in [-0.15, -0.1) is 6.58 Å². The minimum absolute atomic E-state index is 0.460. The quantitative estimate of drug-likeness (QED) is 0.657. The summed E-state index contributed by atoms with van der Waals surface area (Å²) in [6.07, 6.45) is 4.77. The van der Waals surface area contributed by atoms with Crippen molar-refractivity contribution in [3.8, 4) is 0 Å². The Morgan fingerprint density at radius 1 is 1.31 bits per heavy atom. The average Bonchev–Trinajstić information content (AvgIpc) is 2.48. The van der Waals surface area contributed by atoms with Crippen molar-refractivity contribution < 1.29 is 0 Å². The molecule has 0 saturated carbocycles. The van der Waals surface area contributed by atoms with Crippen LogP contribution in [0, 0.1) is 5.41 Å². The highest BCUT2D eigenvalue weighted by molar-refractivity contribution is 5.40. The Morgan fingerprint density at radius 3 is 2.75 bits per heavy atom. The molecule has 1 aromatic carbocycles. The number of hydrogen-bond acceptors (Lipinski definition) is 0. The molecule has 0 amide bonds. The lowest BCUT2D eigenvalue weighted by atomic mass is 9.89. The summed E-state index contributed by atoms with van der Waals surface area (Å²) in [6.45, 7) is 10.9. The number of hydrogen-bond donors (Lipinski definition) is 0. The van der Waals surface area contributed by atoms with Gasteiger partial charge >= 0.3 is 0 Å². The second-order valence-corrected chi connectivity index (χ2v) is 6.03. The van der Waals surface area contributed by atoms with Gasteiger partial charge in [0.05, 0.1) is 0 Å². The highest BCUT2D eigenvalue weighted by Gasteiger charge is 2.29. The third-order valence-electron chi connectivity index (χ3n) is 3.52. The molecule has 0 aliphatic heterocycles. The molecule has 0 heterocycles. The van der Waals surface area contributed by atoms with E-state index in [0.717, 1.165) is 12.8 Å². The van der Waals surface area contributed by atoms with E-state index >= 15 is 0 Å². The zero-order valence-corrected chi connectivity index (χ0v) is 10.8. The van der Waals surface area contributed by atoms with E-state index in [9.17, 15) is 0 Å².